The summed E-state index contributed by atoms with van der Waals surface area (Å²) in [6.07, 6.45) is 4.52. The minimum absolute atomic E-state index is 0.555. The molecule has 2 aliphatic rings. The Labute approximate surface area is 156 Å². The average Bonchev–Trinajstić information content (AvgIpc) is 3.30. The third-order valence-electron chi connectivity index (χ3n) is 5.15. The van der Waals surface area contributed by atoms with Crippen molar-refractivity contribution in [3.05, 3.63) is 30.5 Å². The summed E-state index contributed by atoms with van der Waals surface area (Å²) in [6.45, 7) is 4.86. The van der Waals surface area contributed by atoms with Gasteiger partial charge in [-0.1, -0.05) is 30.0 Å². The molecule has 5 rings (SSSR count). The van der Waals surface area contributed by atoms with Crippen molar-refractivity contribution in [1.29, 1.82) is 0 Å². The number of para-hydroxylation sites is 1. The average molecular weight is 369 g/mol. The van der Waals surface area contributed by atoms with Crippen LogP contribution in [0.2, 0.25) is 0 Å². The number of aromatic amines is 1. The summed E-state index contributed by atoms with van der Waals surface area (Å²) in [6, 6.07) is 8.95. The van der Waals surface area contributed by atoms with Crippen LogP contribution in [0.4, 0.5) is 0 Å². The second kappa shape index (κ2) is 7.06. The first-order valence-corrected chi connectivity index (χ1v) is 10.3. The molecule has 1 saturated heterocycles. The largest absolute Gasteiger partial charge is 0.379 e. The molecule has 0 spiro atoms. The molecule has 26 heavy (non-hydrogen) atoms. The number of H-pyrrole nitrogens is 1. The predicted molar refractivity (Wildman–Crippen MR) is 104 cm³/mol. The van der Waals surface area contributed by atoms with Crippen molar-refractivity contribution in [3.8, 4) is 11.4 Å². The van der Waals surface area contributed by atoms with E-state index in [1.165, 1.54) is 18.2 Å². The molecule has 3 aromatic rings. The second-order valence-corrected chi connectivity index (χ2v) is 8.02. The molecule has 136 valence electrons. The lowest BCUT2D eigenvalue weighted by Crippen LogP contribution is -2.37. The van der Waals surface area contributed by atoms with Crippen LogP contribution in [0.15, 0.2) is 35.6 Å². The Morgan fingerprint density at radius 1 is 1.15 bits per heavy atom. The summed E-state index contributed by atoms with van der Waals surface area (Å²) < 4.78 is 7.79. The van der Waals surface area contributed by atoms with Crippen molar-refractivity contribution >= 4 is 22.7 Å². The smallest absolute Gasteiger partial charge is 0.191 e. The fourth-order valence-corrected chi connectivity index (χ4v) is 4.57. The molecule has 1 saturated carbocycles. The van der Waals surface area contributed by atoms with Gasteiger partial charge in [-0.05, 0) is 18.9 Å². The van der Waals surface area contributed by atoms with Crippen molar-refractivity contribution in [2.24, 2.45) is 0 Å². The molecule has 0 atom stereocenters. The van der Waals surface area contributed by atoms with E-state index < -0.39 is 0 Å². The SMILES string of the molecule is c1ccc2c(-c3nnc(SCCN4CCOCC4)n3C3CC3)c[nH]c2c1. The Bertz CT molecular complexity index is 894. The first kappa shape index (κ1) is 16.4. The standard InChI is InChI=1S/C19H23N5OS/c1-2-4-17-15(3-1)16(13-20-17)18-21-22-19(24(18)14-5-6-14)26-12-9-23-7-10-25-11-8-23/h1-4,13-14,20H,5-12H2. The van der Waals surface area contributed by atoms with E-state index in [9.17, 15) is 0 Å². The molecular weight excluding hydrogens is 346 g/mol. The Kier molecular flexibility index (Phi) is 4.44. The van der Waals surface area contributed by atoms with Crippen LogP contribution in [0.1, 0.15) is 18.9 Å². The maximum absolute atomic E-state index is 5.43. The van der Waals surface area contributed by atoms with Gasteiger partial charge in [0.25, 0.3) is 0 Å². The van der Waals surface area contributed by atoms with E-state index in [0.717, 1.165) is 60.7 Å². The van der Waals surface area contributed by atoms with Gasteiger partial charge < -0.3 is 9.72 Å². The molecule has 0 bridgehead atoms. The minimum Gasteiger partial charge on any atom is -0.379 e. The molecule has 3 heterocycles. The number of aromatic nitrogens is 4. The molecule has 0 radical (unpaired) electrons. The van der Waals surface area contributed by atoms with Gasteiger partial charge in [0, 0.05) is 54.1 Å². The zero-order valence-electron chi connectivity index (χ0n) is 14.7. The van der Waals surface area contributed by atoms with E-state index in [-0.39, 0.29) is 0 Å². The molecule has 2 fully saturated rings. The van der Waals surface area contributed by atoms with Crippen molar-refractivity contribution in [2.45, 2.75) is 24.0 Å². The number of nitrogens with one attached hydrogen (secondary N) is 1. The second-order valence-electron chi connectivity index (χ2n) is 6.96. The highest BCUT2D eigenvalue weighted by molar-refractivity contribution is 7.99. The van der Waals surface area contributed by atoms with Crippen LogP contribution in [0.3, 0.4) is 0 Å². The summed E-state index contributed by atoms with van der Waals surface area (Å²) in [7, 11) is 0. The summed E-state index contributed by atoms with van der Waals surface area (Å²) in [4.78, 5) is 5.83. The molecule has 0 unspecified atom stereocenters. The van der Waals surface area contributed by atoms with Crippen LogP contribution >= 0.6 is 11.8 Å². The normalized spacial score (nSPS) is 18.6. The first-order chi connectivity index (χ1) is 12.9. The highest BCUT2D eigenvalue weighted by atomic mass is 32.2. The molecule has 0 amide bonds. The minimum atomic E-state index is 0.555. The monoisotopic (exact) mass is 369 g/mol. The molecule has 2 aromatic heterocycles. The van der Waals surface area contributed by atoms with Gasteiger partial charge in [0.1, 0.15) is 0 Å². The molecule has 7 heteroatoms. The molecular formula is C19H23N5OS. The van der Waals surface area contributed by atoms with E-state index >= 15 is 0 Å². The lowest BCUT2D eigenvalue weighted by Gasteiger charge is -2.26. The third kappa shape index (κ3) is 3.15. The maximum Gasteiger partial charge on any atom is 0.191 e. The van der Waals surface area contributed by atoms with Gasteiger partial charge in [-0.15, -0.1) is 10.2 Å². The Morgan fingerprint density at radius 2 is 2.00 bits per heavy atom. The predicted octanol–water partition coefficient (Wildman–Crippen LogP) is 3.19. The van der Waals surface area contributed by atoms with Crippen LogP contribution in [-0.2, 0) is 4.74 Å². The first-order valence-electron chi connectivity index (χ1n) is 9.34. The quantitative estimate of drug-likeness (QED) is 0.676. The molecule has 1 N–H and O–H groups in total. The van der Waals surface area contributed by atoms with E-state index in [1.807, 2.05) is 11.8 Å². The molecule has 1 aliphatic heterocycles. The number of ether oxygens (including phenoxy) is 1. The van der Waals surface area contributed by atoms with Gasteiger partial charge in [-0.3, -0.25) is 9.47 Å². The number of morpholine rings is 1. The number of benzene rings is 1. The Morgan fingerprint density at radius 3 is 2.85 bits per heavy atom. The van der Waals surface area contributed by atoms with Gasteiger partial charge in [-0.25, -0.2) is 0 Å². The fraction of sp³-hybridized carbons (Fsp3) is 0.474. The zero-order valence-corrected chi connectivity index (χ0v) is 15.5. The summed E-state index contributed by atoms with van der Waals surface area (Å²) in [5.41, 5.74) is 2.30. The van der Waals surface area contributed by atoms with Gasteiger partial charge in [0.05, 0.1) is 13.2 Å². The number of fused-ring (bicyclic) bond motifs is 1. The van der Waals surface area contributed by atoms with Crippen LogP contribution in [0.5, 0.6) is 0 Å². The number of nitrogens with zero attached hydrogens (tertiary/aromatic N) is 4. The fourth-order valence-electron chi connectivity index (χ4n) is 3.57. The molecule has 6 nitrogen and oxygen atoms in total. The van der Waals surface area contributed by atoms with E-state index in [2.05, 4.69) is 55.1 Å². The third-order valence-corrected chi connectivity index (χ3v) is 6.07. The van der Waals surface area contributed by atoms with Gasteiger partial charge in [0.15, 0.2) is 11.0 Å². The van der Waals surface area contributed by atoms with Gasteiger partial charge in [0.2, 0.25) is 0 Å². The summed E-state index contributed by atoms with van der Waals surface area (Å²) in [5.74, 6) is 2.04. The van der Waals surface area contributed by atoms with E-state index in [1.54, 1.807) is 0 Å². The van der Waals surface area contributed by atoms with Crippen LogP contribution < -0.4 is 0 Å². The maximum atomic E-state index is 5.43. The summed E-state index contributed by atoms with van der Waals surface area (Å²) >= 11 is 1.83. The van der Waals surface area contributed by atoms with Gasteiger partial charge >= 0.3 is 0 Å². The van der Waals surface area contributed by atoms with E-state index in [0.29, 0.717) is 6.04 Å². The van der Waals surface area contributed by atoms with Gasteiger partial charge in [-0.2, -0.15) is 0 Å². The Balaban J connectivity index is 1.38. The number of hydrogen-bond donors (Lipinski definition) is 1. The topological polar surface area (TPSA) is 59.0 Å². The van der Waals surface area contributed by atoms with Crippen LogP contribution in [0, 0.1) is 0 Å². The van der Waals surface area contributed by atoms with Crippen molar-refractivity contribution in [2.75, 3.05) is 38.6 Å². The number of rotatable bonds is 6. The van der Waals surface area contributed by atoms with Crippen molar-refractivity contribution in [3.63, 3.8) is 0 Å². The molecule has 1 aliphatic carbocycles. The van der Waals surface area contributed by atoms with Crippen LogP contribution in [0.25, 0.3) is 22.3 Å². The highest BCUT2D eigenvalue weighted by Gasteiger charge is 2.30. The lowest BCUT2D eigenvalue weighted by atomic mass is 10.1. The molecule has 1 aromatic carbocycles. The lowest BCUT2D eigenvalue weighted by molar-refractivity contribution is 0.0410. The van der Waals surface area contributed by atoms with Crippen molar-refractivity contribution in [1.82, 2.24) is 24.6 Å². The highest BCUT2D eigenvalue weighted by Crippen LogP contribution is 2.42. The van der Waals surface area contributed by atoms with Crippen molar-refractivity contribution < 1.29 is 4.74 Å². The van der Waals surface area contributed by atoms with E-state index in [4.69, 9.17) is 4.74 Å². The number of thioether (sulfide) groups is 1. The van der Waals surface area contributed by atoms with Crippen LogP contribution in [-0.4, -0.2) is 63.2 Å². The summed E-state index contributed by atoms with van der Waals surface area (Å²) in [5, 5.41) is 11.4. The zero-order chi connectivity index (χ0) is 17.3. The number of hydrogen-bond acceptors (Lipinski definition) is 5. The Hall–Kier alpha value is -1.83.